The Bertz CT molecular complexity index is 462. The van der Waals surface area contributed by atoms with E-state index in [1.165, 1.54) is 6.42 Å². The molecule has 0 saturated heterocycles. The summed E-state index contributed by atoms with van der Waals surface area (Å²) in [5, 5.41) is 12.7. The lowest BCUT2D eigenvalue weighted by Gasteiger charge is -2.18. The molecule has 90 valence electrons. The summed E-state index contributed by atoms with van der Waals surface area (Å²) in [6.45, 7) is 4.55. The number of rotatable bonds is 2. The molecule has 1 atom stereocenters. The summed E-state index contributed by atoms with van der Waals surface area (Å²) in [6, 6.07) is 4.10. The Morgan fingerprint density at radius 3 is 2.94 bits per heavy atom. The highest BCUT2D eigenvalue weighted by atomic mass is 35.5. The quantitative estimate of drug-likeness (QED) is 0.871. The van der Waals surface area contributed by atoms with Crippen molar-refractivity contribution in [3.05, 3.63) is 22.8 Å². The molecule has 1 saturated carbocycles. The van der Waals surface area contributed by atoms with Gasteiger partial charge >= 0.3 is 0 Å². The topological polar surface area (TPSA) is 48.7 Å². The lowest BCUT2D eigenvalue weighted by Crippen LogP contribution is -2.18. The largest absolute Gasteiger partial charge is 0.366 e. The fourth-order valence-electron chi connectivity index (χ4n) is 2.38. The first kappa shape index (κ1) is 12.2. The molecule has 1 aromatic heterocycles. The average molecular weight is 250 g/mol. The minimum Gasteiger partial charge on any atom is -0.366 e. The van der Waals surface area contributed by atoms with Crippen molar-refractivity contribution >= 4 is 17.4 Å². The van der Waals surface area contributed by atoms with Crippen molar-refractivity contribution in [1.29, 1.82) is 5.26 Å². The summed E-state index contributed by atoms with van der Waals surface area (Å²) in [5.41, 5.74) is 0.859. The third kappa shape index (κ3) is 2.70. The van der Waals surface area contributed by atoms with E-state index in [2.05, 4.69) is 30.2 Å². The van der Waals surface area contributed by atoms with Gasteiger partial charge in [0, 0.05) is 12.2 Å². The lowest BCUT2D eigenvalue weighted by molar-refractivity contribution is 0.378. The molecule has 0 amide bonds. The molecule has 1 aromatic rings. The maximum Gasteiger partial charge on any atom is 0.146 e. The molecular formula is C13H16ClN3. The normalized spacial score (nSPS) is 22.1. The van der Waals surface area contributed by atoms with Crippen LogP contribution in [0.5, 0.6) is 0 Å². The van der Waals surface area contributed by atoms with Gasteiger partial charge in [-0.25, -0.2) is 4.98 Å². The number of anilines is 1. The molecule has 1 N–H and O–H groups in total. The molecule has 1 aliphatic carbocycles. The van der Waals surface area contributed by atoms with Gasteiger partial charge in [0.2, 0.25) is 0 Å². The zero-order valence-electron chi connectivity index (χ0n) is 10.1. The summed E-state index contributed by atoms with van der Waals surface area (Å²) < 4.78 is 0. The second kappa shape index (κ2) is 4.54. The van der Waals surface area contributed by atoms with Crippen molar-refractivity contribution in [3.63, 3.8) is 0 Å². The van der Waals surface area contributed by atoms with Gasteiger partial charge in [-0.1, -0.05) is 25.4 Å². The van der Waals surface area contributed by atoms with E-state index in [1.54, 1.807) is 12.3 Å². The zero-order chi connectivity index (χ0) is 12.5. The maximum absolute atomic E-state index is 8.90. The molecule has 0 aromatic carbocycles. The smallest absolute Gasteiger partial charge is 0.146 e. The first-order chi connectivity index (χ1) is 8.02. The van der Waals surface area contributed by atoms with E-state index in [0.717, 1.165) is 12.8 Å². The van der Waals surface area contributed by atoms with E-state index >= 15 is 0 Å². The Labute approximate surface area is 107 Å². The Hall–Kier alpha value is -1.27. The molecule has 0 aliphatic heterocycles. The number of hydrogen-bond donors (Lipinski definition) is 1. The third-order valence-electron chi connectivity index (χ3n) is 3.32. The first-order valence-corrected chi connectivity index (χ1v) is 6.21. The highest BCUT2D eigenvalue weighted by Crippen LogP contribution is 2.38. The van der Waals surface area contributed by atoms with Crippen LogP contribution < -0.4 is 5.32 Å². The number of hydrogen-bond acceptors (Lipinski definition) is 3. The van der Waals surface area contributed by atoms with Crippen LogP contribution >= 0.6 is 11.6 Å². The number of nitrogens with zero attached hydrogens (tertiary/aromatic N) is 2. The van der Waals surface area contributed by atoms with Gasteiger partial charge in [0.05, 0.1) is 5.56 Å². The standard InChI is InChI=1S/C13H16ClN3/c1-13(2)5-3-10(7-13)17-12-11(14)9(8-15)4-6-16-12/h4,6,10H,3,5,7H2,1-2H3,(H,16,17). The maximum atomic E-state index is 8.90. The van der Waals surface area contributed by atoms with Crippen LogP contribution in [0.15, 0.2) is 12.3 Å². The molecule has 1 unspecified atom stereocenters. The third-order valence-corrected chi connectivity index (χ3v) is 3.70. The number of nitriles is 1. The molecule has 17 heavy (non-hydrogen) atoms. The van der Waals surface area contributed by atoms with Crippen LogP contribution in [-0.2, 0) is 0 Å². The number of aromatic nitrogens is 1. The molecule has 1 heterocycles. The molecule has 0 bridgehead atoms. The predicted molar refractivity (Wildman–Crippen MR) is 69.0 cm³/mol. The van der Waals surface area contributed by atoms with Crippen LogP contribution in [0.2, 0.25) is 5.02 Å². The SMILES string of the molecule is CC1(C)CCC(Nc2nccc(C#N)c2Cl)C1. The molecule has 0 spiro atoms. The van der Waals surface area contributed by atoms with Gasteiger partial charge in [-0.2, -0.15) is 5.26 Å². The van der Waals surface area contributed by atoms with E-state index in [-0.39, 0.29) is 0 Å². The molecule has 4 heteroatoms. The monoisotopic (exact) mass is 249 g/mol. The Morgan fingerprint density at radius 2 is 2.35 bits per heavy atom. The summed E-state index contributed by atoms with van der Waals surface area (Å²) in [4.78, 5) is 4.20. The van der Waals surface area contributed by atoms with Crippen molar-refractivity contribution < 1.29 is 0 Å². The van der Waals surface area contributed by atoms with Gasteiger partial charge < -0.3 is 5.32 Å². The Balaban J connectivity index is 2.13. The number of halogens is 1. The molecule has 3 nitrogen and oxygen atoms in total. The predicted octanol–water partition coefficient (Wildman–Crippen LogP) is 3.60. The number of nitrogens with one attached hydrogen (secondary N) is 1. The van der Waals surface area contributed by atoms with E-state index in [1.807, 2.05) is 0 Å². The van der Waals surface area contributed by atoms with Gasteiger partial charge in [0.1, 0.15) is 16.9 Å². The van der Waals surface area contributed by atoms with Crippen LogP contribution in [0.1, 0.15) is 38.7 Å². The van der Waals surface area contributed by atoms with Crippen molar-refractivity contribution in [1.82, 2.24) is 4.98 Å². The van der Waals surface area contributed by atoms with Gasteiger partial charge in [-0.3, -0.25) is 0 Å². The first-order valence-electron chi connectivity index (χ1n) is 5.83. The van der Waals surface area contributed by atoms with Crippen molar-refractivity contribution in [3.8, 4) is 6.07 Å². The van der Waals surface area contributed by atoms with E-state index < -0.39 is 0 Å². The van der Waals surface area contributed by atoms with Crippen LogP contribution in [0.4, 0.5) is 5.82 Å². The van der Waals surface area contributed by atoms with E-state index in [0.29, 0.717) is 27.9 Å². The Kier molecular flexibility index (Phi) is 3.26. The van der Waals surface area contributed by atoms with Crippen LogP contribution in [0, 0.1) is 16.7 Å². The summed E-state index contributed by atoms with van der Waals surface area (Å²) in [6.07, 6.45) is 5.07. The fraction of sp³-hybridized carbons (Fsp3) is 0.538. The van der Waals surface area contributed by atoms with Crippen molar-refractivity contribution in [2.45, 2.75) is 39.2 Å². The van der Waals surface area contributed by atoms with Gasteiger partial charge in [0.25, 0.3) is 0 Å². The van der Waals surface area contributed by atoms with Gasteiger partial charge in [-0.05, 0) is 30.7 Å². The van der Waals surface area contributed by atoms with Crippen LogP contribution in [0.3, 0.4) is 0 Å². The summed E-state index contributed by atoms with van der Waals surface area (Å²) in [5.74, 6) is 0.633. The number of pyridine rings is 1. The van der Waals surface area contributed by atoms with Crippen LogP contribution in [-0.4, -0.2) is 11.0 Å². The molecule has 2 rings (SSSR count). The highest BCUT2D eigenvalue weighted by Gasteiger charge is 2.31. The fourth-order valence-corrected chi connectivity index (χ4v) is 2.59. The van der Waals surface area contributed by atoms with Crippen molar-refractivity contribution in [2.75, 3.05) is 5.32 Å². The zero-order valence-corrected chi connectivity index (χ0v) is 10.9. The van der Waals surface area contributed by atoms with Crippen molar-refractivity contribution in [2.24, 2.45) is 5.41 Å². The average Bonchev–Trinajstić information content (AvgIpc) is 2.61. The summed E-state index contributed by atoms with van der Waals surface area (Å²) >= 11 is 6.11. The molecule has 0 radical (unpaired) electrons. The second-order valence-electron chi connectivity index (χ2n) is 5.38. The Morgan fingerprint density at radius 1 is 1.59 bits per heavy atom. The van der Waals surface area contributed by atoms with E-state index in [9.17, 15) is 0 Å². The van der Waals surface area contributed by atoms with Crippen LogP contribution in [0.25, 0.3) is 0 Å². The minimum atomic E-state index is 0.386. The molecule has 1 fully saturated rings. The van der Waals surface area contributed by atoms with Gasteiger partial charge in [0.15, 0.2) is 0 Å². The molecular weight excluding hydrogens is 234 g/mol. The molecule has 1 aliphatic rings. The highest BCUT2D eigenvalue weighted by molar-refractivity contribution is 6.34. The van der Waals surface area contributed by atoms with E-state index in [4.69, 9.17) is 16.9 Å². The minimum absolute atomic E-state index is 0.386. The summed E-state index contributed by atoms with van der Waals surface area (Å²) in [7, 11) is 0. The lowest BCUT2D eigenvalue weighted by atomic mass is 9.92. The second-order valence-corrected chi connectivity index (χ2v) is 5.76. The van der Waals surface area contributed by atoms with Gasteiger partial charge in [-0.15, -0.1) is 0 Å².